The number of pyridine rings is 1. The third kappa shape index (κ3) is 2.65. The average molecular weight is 395 g/mol. The minimum atomic E-state index is -0.551. The highest BCUT2D eigenvalue weighted by atomic mass is 35.5. The lowest BCUT2D eigenvalue weighted by atomic mass is 9.77. The predicted molar refractivity (Wildman–Crippen MR) is 105 cm³/mol. The summed E-state index contributed by atoms with van der Waals surface area (Å²) < 4.78 is 6.14. The number of benzene rings is 1. The van der Waals surface area contributed by atoms with Crippen LogP contribution in [0.5, 0.6) is 0 Å². The maximum Gasteiger partial charge on any atom is 0.295 e. The maximum atomic E-state index is 13.5. The molecule has 1 aromatic heterocycles. The highest BCUT2D eigenvalue weighted by Crippen LogP contribution is 2.47. The number of amides is 1. The van der Waals surface area contributed by atoms with Crippen molar-refractivity contribution in [2.45, 2.75) is 37.8 Å². The van der Waals surface area contributed by atoms with Crippen LogP contribution in [0.25, 0.3) is 0 Å². The van der Waals surface area contributed by atoms with Gasteiger partial charge in [0.2, 0.25) is 0 Å². The molecule has 3 heterocycles. The van der Waals surface area contributed by atoms with Gasteiger partial charge in [0.25, 0.3) is 5.91 Å². The summed E-state index contributed by atoms with van der Waals surface area (Å²) in [7, 11) is 0. The van der Waals surface area contributed by atoms with E-state index in [1.54, 1.807) is 35.4 Å². The van der Waals surface area contributed by atoms with Crippen LogP contribution in [-0.2, 0) is 14.3 Å². The highest BCUT2D eigenvalue weighted by molar-refractivity contribution is 6.30. The molecule has 1 aromatic carbocycles. The van der Waals surface area contributed by atoms with Crippen molar-refractivity contribution in [3.05, 3.63) is 70.6 Å². The van der Waals surface area contributed by atoms with Crippen molar-refractivity contribution in [3.63, 3.8) is 0 Å². The van der Waals surface area contributed by atoms with E-state index in [2.05, 4.69) is 4.98 Å². The second-order valence-corrected chi connectivity index (χ2v) is 7.91. The Hall–Kier alpha value is -2.66. The van der Waals surface area contributed by atoms with E-state index in [9.17, 15) is 9.59 Å². The van der Waals surface area contributed by atoms with Gasteiger partial charge in [0.05, 0.1) is 17.5 Å². The second kappa shape index (κ2) is 6.74. The Labute approximate surface area is 168 Å². The lowest BCUT2D eigenvalue weighted by Crippen LogP contribution is -2.39. The van der Waals surface area contributed by atoms with Gasteiger partial charge in [-0.25, -0.2) is 4.98 Å². The Balaban J connectivity index is 1.66. The third-order valence-electron chi connectivity index (χ3n) is 5.85. The lowest BCUT2D eigenvalue weighted by molar-refractivity contribution is -0.131. The molecule has 2 aromatic rings. The maximum absolute atomic E-state index is 13.5. The summed E-state index contributed by atoms with van der Waals surface area (Å²) in [5.74, 6) is 0.266. The molecule has 0 spiro atoms. The molecule has 5 rings (SSSR count). The van der Waals surface area contributed by atoms with Gasteiger partial charge in [0.1, 0.15) is 11.9 Å². The molecule has 6 heteroatoms. The molecule has 1 amide bonds. The average Bonchev–Trinajstić information content (AvgIpc) is 3.02. The number of ketones is 1. The van der Waals surface area contributed by atoms with Crippen LogP contribution >= 0.6 is 11.6 Å². The number of hydrogen-bond acceptors (Lipinski definition) is 4. The molecule has 1 aliphatic carbocycles. The summed E-state index contributed by atoms with van der Waals surface area (Å²) in [5.41, 5.74) is 1.28. The molecule has 0 bridgehead atoms. The number of fused-ring (bicyclic) bond motifs is 1. The first-order chi connectivity index (χ1) is 13.6. The normalized spacial score (nSPS) is 26.8. The fraction of sp³-hybridized carbons (Fsp3) is 0.318. The summed E-state index contributed by atoms with van der Waals surface area (Å²) in [5, 5.41) is 0.602. The number of carbonyl (C=O) groups excluding carboxylic acids is 2. The van der Waals surface area contributed by atoms with E-state index in [-0.39, 0.29) is 29.5 Å². The van der Waals surface area contributed by atoms with Crippen LogP contribution < -0.4 is 4.90 Å². The number of halogens is 1. The zero-order valence-corrected chi connectivity index (χ0v) is 15.9. The van der Waals surface area contributed by atoms with Gasteiger partial charge >= 0.3 is 0 Å². The number of hydrogen-bond donors (Lipinski definition) is 0. The van der Waals surface area contributed by atoms with E-state index < -0.39 is 6.04 Å². The predicted octanol–water partition coefficient (Wildman–Crippen LogP) is 4.24. The fourth-order valence-corrected chi connectivity index (χ4v) is 4.66. The highest BCUT2D eigenvalue weighted by Gasteiger charge is 2.52. The van der Waals surface area contributed by atoms with Crippen molar-refractivity contribution in [2.75, 3.05) is 4.90 Å². The molecule has 3 atom stereocenters. The molecule has 142 valence electrons. The number of nitrogens with zero attached hydrogens (tertiary/aromatic N) is 2. The first kappa shape index (κ1) is 17.4. The zero-order valence-electron chi connectivity index (χ0n) is 15.2. The largest absolute Gasteiger partial charge is 0.483 e. The van der Waals surface area contributed by atoms with Crippen molar-refractivity contribution in [2.24, 2.45) is 5.92 Å². The van der Waals surface area contributed by atoms with Gasteiger partial charge in [-0.1, -0.05) is 36.2 Å². The van der Waals surface area contributed by atoms with Crippen molar-refractivity contribution in [1.82, 2.24) is 4.98 Å². The third-order valence-corrected chi connectivity index (χ3v) is 6.10. The number of anilines is 1. The smallest absolute Gasteiger partial charge is 0.295 e. The van der Waals surface area contributed by atoms with Crippen LogP contribution in [0, 0.1) is 5.92 Å². The van der Waals surface area contributed by atoms with Crippen LogP contribution in [0.4, 0.5) is 5.82 Å². The summed E-state index contributed by atoms with van der Waals surface area (Å²) >= 11 is 6.06. The molecule has 2 aliphatic heterocycles. The standard InChI is InChI=1S/C22H19ClN2O3/c23-14-10-8-13(9-11-14)19-18-20(26)15-5-1-2-6-16(15)28-21(18)22(27)25(19)17-7-3-4-12-24-17/h3-4,7-12,15-16,19H,1-2,5-6H2. The Morgan fingerprint density at radius 1 is 1.04 bits per heavy atom. The molecule has 0 N–H and O–H groups in total. The number of rotatable bonds is 2. The fourth-order valence-electron chi connectivity index (χ4n) is 4.54. The molecule has 28 heavy (non-hydrogen) atoms. The van der Waals surface area contributed by atoms with Crippen LogP contribution in [0.2, 0.25) is 5.02 Å². The summed E-state index contributed by atoms with van der Waals surface area (Å²) in [6.07, 6.45) is 5.11. The quantitative estimate of drug-likeness (QED) is 0.764. The van der Waals surface area contributed by atoms with Crippen molar-refractivity contribution in [1.29, 1.82) is 0 Å². The molecule has 0 radical (unpaired) electrons. The van der Waals surface area contributed by atoms with Crippen LogP contribution in [0.3, 0.4) is 0 Å². The molecule has 5 nitrogen and oxygen atoms in total. The Kier molecular flexibility index (Phi) is 4.20. The van der Waals surface area contributed by atoms with Gasteiger partial charge in [-0.3, -0.25) is 14.5 Å². The van der Waals surface area contributed by atoms with Crippen LogP contribution in [0.1, 0.15) is 37.3 Å². The van der Waals surface area contributed by atoms with Gasteiger partial charge in [0, 0.05) is 11.2 Å². The minimum absolute atomic E-state index is 0.0395. The number of ether oxygens (including phenoxy) is 1. The summed E-state index contributed by atoms with van der Waals surface area (Å²) in [4.78, 5) is 32.7. The van der Waals surface area contributed by atoms with E-state index in [0.717, 1.165) is 31.2 Å². The van der Waals surface area contributed by atoms with E-state index in [1.807, 2.05) is 18.2 Å². The zero-order chi connectivity index (χ0) is 19.3. The molecular weight excluding hydrogens is 376 g/mol. The second-order valence-electron chi connectivity index (χ2n) is 7.47. The Bertz CT molecular complexity index is 971. The van der Waals surface area contributed by atoms with E-state index in [0.29, 0.717) is 16.4 Å². The Morgan fingerprint density at radius 2 is 1.82 bits per heavy atom. The minimum Gasteiger partial charge on any atom is -0.483 e. The van der Waals surface area contributed by atoms with Gasteiger partial charge in [-0.05, 0) is 49.1 Å². The summed E-state index contributed by atoms with van der Waals surface area (Å²) in [6.45, 7) is 0. The number of aromatic nitrogens is 1. The van der Waals surface area contributed by atoms with Gasteiger partial charge in [-0.2, -0.15) is 0 Å². The molecule has 0 saturated heterocycles. The molecule has 3 aliphatic rings. The Morgan fingerprint density at radius 3 is 2.57 bits per heavy atom. The molecule has 1 fully saturated rings. The molecule has 1 saturated carbocycles. The van der Waals surface area contributed by atoms with Crippen LogP contribution in [-0.4, -0.2) is 22.8 Å². The SMILES string of the molecule is O=C1C2=C(OC3CCCCC13)C(=O)N(c1ccccn1)C2c1ccc(Cl)cc1. The van der Waals surface area contributed by atoms with Gasteiger partial charge < -0.3 is 4.74 Å². The molecule has 3 unspecified atom stereocenters. The van der Waals surface area contributed by atoms with Crippen molar-refractivity contribution >= 4 is 29.1 Å². The van der Waals surface area contributed by atoms with Gasteiger partial charge in [0.15, 0.2) is 11.5 Å². The van der Waals surface area contributed by atoms with Gasteiger partial charge in [-0.15, -0.1) is 0 Å². The summed E-state index contributed by atoms with van der Waals surface area (Å²) in [6, 6.07) is 12.1. The number of Topliss-reactive ketones (excluding diaryl/α,β-unsaturated/α-hetero) is 1. The van der Waals surface area contributed by atoms with E-state index >= 15 is 0 Å². The topological polar surface area (TPSA) is 59.5 Å². The first-order valence-electron chi connectivity index (χ1n) is 9.60. The van der Waals surface area contributed by atoms with E-state index in [4.69, 9.17) is 16.3 Å². The lowest BCUT2D eigenvalue weighted by Gasteiger charge is -2.35. The molecular formula is C22H19ClN2O3. The van der Waals surface area contributed by atoms with Crippen LogP contribution in [0.15, 0.2) is 60.0 Å². The first-order valence-corrected chi connectivity index (χ1v) is 9.98. The number of carbonyl (C=O) groups is 2. The van der Waals surface area contributed by atoms with Crippen molar-refractivity contribution < 1.29 is 14.3 Å². The van der Waals surface area contributed by atoms with E-state index in [1.165, 1.54) is 0 Å². The van der Waals surface area contributed by atoms with Crippen molar-refractivity contribution in [3.8, 4) is 0 Å². The monoisotopic (exact) mass is 394 g/mol.